The maximum absolute atomic E-state index is 13.9. The standard InChI is InChI=1S/C28H35N3O3/c1-18(2)17-22(28(27(29)34)15-9-4-10-16-28)25(32)30-24-21-13-6-5-11-19(21)20-12-7-8-14-23(20)31(3)26(24)33/h5-8,11-14,18,22,24H,4,9-10,15-17H2,1-3H3,(H2,29,34)(H,30,32). The van der Waals surface area contributed by atoms with Crippen LogP contribution >= 0.6 is 0 Å². The van der Waals surface area contributed by atoms with E-state index in [0.29, 0.717) is 19.3 Å². The third-order valence-corrected chi connectivity index (χ3v) is 7.62. The van der Waals surface area contributed by atoms with Gasteiger partial charge < -0.3 is 16.0 Å². The largest absolute Gasteiger partial charge is 0.369 e. The second-order valence-corrected chi connectivity index (χ2v) is 10.2. The molecule has 1 saturated carbocycles. The summed E-state index contributed by atoms with van der Waals surface area (Å²) in [5.41, 5.74) is 8.53. The molecule has 6 heteroatoms. The van der Waals surface area contributed by atoms with Gasteiger partial charge in [-0.2, -0.15) is 0 Å². The molecule has 2 aromatic carbocycles. The Morgan fingerprint density at radius 2 is 1.65 bits per heavy atom. The van der Waals surface area contributed by atoms with Crippen molar-refractivity contribution in [1.82, 2.24) is 5.32 Å². The van der Waals surface area contributed by atoms with Gasteiger partial charge in [0, 0.05) is 12.6 Å². The predicted octanol–water partition coefficient (Wildman–Crippen LogP) is 4.59. The van der Waals surface area contributed by atoms with E-state index >= 15 is 0 Å². The number of primary amides is 1. The number of hydrogen-bond acceptors (Lipinski definition) is 3. The van der Waals surface area contributed by atoms with Gasteiger partial charge >= 0.3 is 0 Å². The molecule has 34 heavy (non-hydrogen) atoms. The molecule has 2 aromatic rings. The molecule has 0 aromatic heterocycles. The highest BCUT2D eigenvalue weighted by molar-refractivity contribution is 6.06. The third kappa shape index (κ3) is 4.22. The molecule has 2 aliphatic rings. The summed E-state index contributed by atoms with van der Waals surface area (Å²) in [5, 5.41) is 3.07. The van der Waals surface area contributed by atoms with E-state index in [4.69, 9.17) is 5.73 Å². The highest BCUT2D eigenvalue weighted by Crippen LogP contribution is 2.46. The Labute approximate surface area is 201 Å². The van der Waals surface area contributed by atoms with Gasteiger partial charge in [-0.05, 0) is 42.4 Å². The molecule has 0 saturated heterocycles. The fraction of sp³-hybridized carbons (Fsp3) is 0.464. The smallest absolute Gasteiger partial charge is 0.253 e. The van der Waals surface area contributed by atoms with Crippen molar-refractivity contribution in [3.8, 4) is 11.1 Å². The number of anilines is 1. The first-order valence-corrected chi connectivity index (χ1v) is 12.3. The molecule has 6 nitrogen and oxygen atoms in total. The van der Waals surface area contributed by atoms with Crippen LogP contribution in [-0.2, 0) is 14.4 Å². The Kier molecular flexibility index (Phi) is 6.78. The lowest BCUT2D eigenvalue weighted by atomic mass is 9.63. The normalized spacial score (nSPS) is 20.2. The third-order valence-electron chi connectivity index (χ3n) is 7.62. The Hall–Kier alpha value is -3.15. The van der Waals surface area contributed by atoms with Crippen molar-refractivity contribution in [1.29, 1.82) is 0 Å². The summed E-state index contributed by atoms with van der Waals surface area (Å²) in [6.07, 6.45) is 4.60. The van der Waals surface area contributed by atoms with Gasteiger partial charge in [-0.3, -0.25) is 14.4 Å². The minimum Gasteiger partial charge on any atom is -0.369 e. The van der Waals surface area contributed by atoms with Crippen molar-refractivity contribution in [2.75, 3.05) is 11.9 Å². The minimum absolute atomic E-state index is 0.203. The van der Waals surface area contributed by atoms with Gasteiger partial charge in [-0.25, -0.2) is 0 Å². The van der Waals surface area contributed by atoms with E-state index in [1.165, 1.54) is 0 Å². The van der Waals surface area contributed by atoms with E-state index in [9.17, 15) is 14.4 Å². The van der Waals surface area contributed by atoms with Crippen molar-refractivity contribution in [3.05, 3.63) is 54.1 Å². The number of rotatable bonds is 6. The number of carbonyl (C=O) groups is 3. The molecule has 4 rings (SSSR count). The lowest BCUT2D eigenvalue weighted by Crippen LogP contribution is -2.52. The summed E-state index contributed by atoms with van der Waals surface area (Å²) < 4.78 is 0. The van der Waals surface area contributed by atoms with Crippen molar-refractivity contribution in [3.63, 3.8) is 0 Å². The van der Waals surface area contributed by atoms with Crippen molar-refractivity contribution in [2.45, 2.75) is 58.4 Å². The van der Waals surface area contributed by atoms with E-state index in [0.717, 1.165) is 41.6 Å². The molecule has 2 atom stereocenters. The van der Waals surface area contributed by atoms with E-state index in [2.05, 4.69) is 5.32 Å². The van der Waals surface area contributed by atoms with Crippen LogP contribution in [0.3, 0.4) is 0 Å². The Morgan fingerprint density at radius 3 is 2.29 bits per heavy atom. The van der Waals surface area contributed by atoms with Gasteiger partial charge in [0.25, 0.3) is 5.91 Å². The number of hydrogen-bond donors (Lipinski definition) is 2. The summed E-state index contributed by atoms with van der Waals surface area (Å²) in [7, 11) is 1.74. The fourth-order valence-electron chi connectivity index (χ4n) is 5.82. The first-order valence-electron chi connectivity index (χ1n) is 12.3. The number of likely N-dealkylation sites (N-methyl/N-ethyl adjacent to an activating group) is 1. The molecule has 3 amide bonds. The first-order chi connectivity index (χ1) is 16.3. The number of carbonyl (C=O) groups excluding carboxylic acids is 3. The van der Waals surface area contributed by atoms with Crippen LogP contribution in [-0.4, -0.2) is 24.8 Å². The van der Waals surface area contributed by atoms with Gasteiger partial charge in [0.2, 0.25) is 11.8 Å². The number of nitrogens with zero attached hydrogens (tertiary/aromatic N) is 1. The fourth-order valence-corrected chi connectivity index (χ4v) is 5.82. The topological polar surface area (TPSA) is 92.5 Å². The molecule has 2 unspecified atom stereocenters. The maximum Gasteiger partial charge on any atom is 0.253 e. The zero-order chi connectivity index (χ0) is 24.5. The SMILES string of the molecule is CC(C)CC(C(=O)NC1C(=O)N(C)c2ccccc2-c2ccccc21)C1(C(N)=O)CCCCC1. The first kappa shape index (κ1) is 24.0. The quantitative estimate of drug-likeness (QED) is 0.659. The zero-order valence-corrected chi connectivity index (χ0v) is 20.3. The van der Waals surface area contributed by atoms with Crippen LogP contribution in [0.25, 0.3) is 11.1 Å². The molecule has 0 radical (unpaired) electrons. The van der Waals surface area contributed by atoms with Crippen molar-refractivity contribution < 1.29 is 14.4 Å². The van der Waals surface area contributed by atoms with Crippen LogP contribution in [0.4, 0.5) is 5.69 Å². The van der Waals surface area contributed by atoms with Gasteiger partial charge in [-0.15, -0.1) is 0 Å². The van der Waals surface area contributed by atoms with Crippen LogP contribution in [0, 0.1) is 17.3 Å². The summed E-state index contributed by atoms with van der Waals surface area (Å²) in [6, 6.07) is 14.6. The minimum atomic E-state index is -0.866. The average molecular weight is 462 g/mol. The van der Waals surface area contributed by atoms with Crippen LogP contribution < -0.4 is 16.0 Å². The highest BCUT2D eigenvalue weighted by atomic mass is 16.2. The molecule has 0 bridgehead atoms. The maximum atomic E-state index is 13.9. The molecular weight excluding hydrogens is 426 g/mol. The highest BCUT2D eigenvalue weighted by Gasteiger charge is 2.49. The molecule has 1 heterocycles. The summed E-state index contributed by atoms with van der Waals surface area (Å²) in [4.78, 5) is 42.0. The van der Waals surface area contributed by atoms with E-state index in [1.807, 2.05) is 62.4 Å². The molecule has 3 N–H and O–H groups in total. The van der Waals surface area contributed by atoms with Crippen LogP contribution in [0.5, 0.6) is 0 Å². The summed E-state index contributed by atoms with van der Waals surface area (Å²) in [6.45, 7) is 4.10. The summed E-state index contributed by atoms with van der Waals surface area (Å²) >= 11 is 0. The predicted molar refractivity (Wildman–Crippen MR) is 134 cm³/mol. The molecule has 180 valence electrons. The van der Waals surface area contributed by atoms with E-state index in [-0.39, 0.29) is 17.7 Å². The van der Waals surface area contributed by atoms with Crippen LogP contribution in [0.15, 0.2) is 48.5 Å². The van der Waals surface area contributed by atoms with E-state index in [1.54, 1.807) is 11.9 Å². The molecule has 1 fully saturated rings. The number of nitrogens with one attached hydrogen (secondary N) is 1. The van der Waals surface area contributed by atoms with E-state index < -0.39 is 23.3 Å². The van der Waals surface area contributed by atoms with Gasteiger partial charge in [0.15, 0.2) is 0 Å². The molecular formula is C28H35N3O3. The van der Waals surface area contributed by atoms with Gasteiger partial charge in [0.1, 0.15) is 6.04 Å². The van der Waals surface area contributed by atoms with Gasteiger partial charge in [-0.1, -0.05) is 75.6 Å². The Balaban J connectivity index is 1.74. The Bertz CT molecular complexity index is 1090. The van der Waals surface area contributed by atoms with Crippen molar-refractivity contribution >= 4 is 23.4 Å². The number of nitrogens with two attached hydrogens (primary N) is 1. The summed E-state index contributed by atoms with van der Waals surface area (Å²) in [5.74, 6) is -1.23. The number of para-hydroxylation sites is 1. The lowest BCUT2D eigenvalue weighted by molar-refractivity contribution is -0.144. The second kappa shape index (κ2) is 9.61. The second-order valence-electron chi connectivity index (χ2n) is 10.2. The molecule has 0 spiro atoms. The number of amides is 3. The zero-order valence-electron chi connectivity index (χ0n) is 20.3. The van der Waals surface area contributed by atoms with Crippen LogP contribution in [0.2, 0.25) is 0 Å². The average Bonchev–Trinajstić information content (AvgIpc) is 2.92. The van der Waals surface area contributed by atoms with Crippen LogP contribution in [0.1, 0.15) is 64.0 Å². The number of fused-ring (bicyclic) bond motifs is 3. The van der Waals surface area contributed by atoms with Crippen molar-refractivity contribution in [2.24, 2.45) is 23.0 Å². The monoisotopic (exact) mass is 461 g/mol. The number of benzene rings is 2. The Morgan fingerprint density at radius 1 is 1.03 bits per heavy atom. The molecule has 1 aliphatic heterocycles. The molecule has 1 aliphatic carbocycles. The lowest BCUT2D eigenvalue weighted by Gasteiger charge is -2.41. The van der Waals surface area contributed by atoms with Gasteiger partial charge in [0.05, 0.1) is 17.0 Å².